The van der Waals surface area contributed by atoms with Crippen LogP contribution in [0.25, 0.3) is 11.3 Å². The van der Waals surface area contributed by atoms with Gasteiger partial charge in [0, 0.05) is 10.6 Å². The van der Waals surface area contributed by atoms with Gasteiger partial charge in [0.25, 0.3) is 11.8 Å². The van der Waals surface area contributed by atoms with Gasteiger partial charge in [-0.05, 0) is 48.7 Å². The summed E-state index contributed by atoms with van der Waals surface area (Å²) in [6.07, 6.45) is 2.05. The third kappa shape index (κ3) is 7.44. The molecule has 37 heavy (non-hydrogen) atoms. The fourth-order valence-electron chi connectivity index (χ4n) is 3.37. The van der Waals surface area contributed by atoms with E-state index in [-0.39, 0.29) is 16.5 Å². The summed E-state index contributed by atoms with van der Waals surface area (Å²) in [4.78, 5) is 37.8. The molecule has 0 saturated heterocycles. The minimum absolute atomic E-state index is 0.180. The molecule has 0 bridgehead atoms. The molecule has 2 aromatic carbocycles. The Morgan fingerprint density at radius 1 is 1.05 bits per heavy atom. The normalized spacial score (nSPS) is 11.9. The van der Waals surface area contributed by atoms with E-state index in [1.54, 1.807) is 56.3 Å². The number of hydrazone groups is 1. The van der Waals surface area contributed by atoms with Crippen molar-refractivity contribution in [3.05, 3.63) is 81.5 Å². The van der Waals surface area contributed by atoms with Crippen LogP contribution in [0.1, 0.15) is 53.7 Å². The van der Waals surface area contributed by atoms with Gasteiger partial charge in [0.05, 0.1) is 29.0 Å². The maximum absolute atomic E-state index is 12.7. The highest BCUT2D eigenvalue weighted by Crippen LogP contribution is 2.26. The van der Waals surface area contributed by atoms with Crippen LogP contribution in [0.15, 0.2) is 64.1 Å². The Labute approximate surface area is 225 Å². The van der Waals surface area contributed by atoms with Crippen molar-refractivity contribution in [2.24, 2.45) is 11.0 Å². The van der Waals surface area contributed by atoms with Gasteiger partial charge in [-0.2, -0.15) is 5.10 Å². The highest BCUT2D eigenvalue weighted by molar-refractivity contribution is 6.36. The van der Waals surface area contributed by atoms with Crippen molar-refractivity contribution in [3.8, 4) is 11.3 Å². The van der Waals surface area contributed by atoms with E-state index in [0.717, 1.165) is 6.42 Å². The number of esters is 1. The molecule has 1 heterocycles. The molecule has 3 aromatic rings. The van der Waals surface area contributed by atoms with E-state index in [1.165, 1.54) is 18.3 Å². The second-order valence-electron chi connectivity index (χ2n) is 8.44. The number of hydrogen-bond acceptors (Lipinski definition) is 6. The fraction of sp³-hybridized carbons (Fsp3) is 0.259. The predicted octanol–water partition coefficient (Wildman–Crippen LogP) is 5.72. The zero-order chi connectivity index (χ0) is 26.9. The number of nitrogens with one attached hydrogen (secondary N) is 2. The Morgan fingerprint density at radius 3 is 2.51 bits per heavy atom. The number of nitrogens with zero attached hydrogens (tertiary/aromatic N) is 1. The summed E-state index contributed by atoms with van der Waals surface area (Å²) < 4.78 is 11.0. The summed E-state index contributed by atoms with van der Waals surface area (Å²) in [6.45, 7) is 5.83. The van der Waals surface area contributed by atoms with E-state index < -0.39 is 23.8 Å². The number of hydrogen-bond donors (Lipinski definition) is 2. The number of rotatable bonds is 10. The molecule has 0 aliphatic rings. The first-order chi connectivity index (χ1) is 17.7. The summed E-state index contributed by atoms with van der Waals surface area (Å²) >= 11 is 12.0. The van der Waals surface area contributed by atoms with Crippen LogP contribution in [-0.4, -0.2) is 36.6 Å². The zero-order valence-electron chi connectivity index (χ0n) is 20.6. The topological polar surface area (TPSA) is 110 Å². The molecule has 0 radical (unpaired) electrons. The molecule has 1 unspecified atom stereocenters. The van der Waals surface area contributed by atoms with Gasteiger partial charge in [-0.3, -0.25) is 9.59 Å². The molecule has 0 aliphatic heterocycles. The van der Waals surface area contributed by atoms with Crippen molar-refractivity contribution in [2.75, 3.05) is 6.61 Å². The second kappa shape index (κ2) is 13.1. The number of carbonyl (C=O) groups is 3. The maximum Gasteiger partial charge on any atom is 0.338 e. The number of carbonyl (C=O) groups excluding carboxylic acids is 3. The molecule has 0 fully saturated rings. The summed E-state index contributed by atoms with van der Waals surface area (Å²) in [5.41, 5.74) is 3.59. The smallest absolute Gasteiger partial charge is 0.338 e. The van der Waals surface area contributed by atoms with Crippen molar-refractivity contribution >= 4 is 47.2 Å². The van der Waals surface area contributed by atoms with Gasteiger partial charge in [-0.1, -0.05) is 62.2 Å². The molecule has 10 heteroatoms. The Bertz CT molecular complexity index is 1300. The Balaban J connectivity index is 1.67. The maximum atomic E-state index is 12.7. The lowest BCUT2D eigenvalue weighted by atomic mass is 10.0. The molecule has 0 saturated carbocycles. The van der Waals surface area contributed by atoms with Gasteiger partial charge in [-0.15, -0.1) is 0 Å². The third-order valence-corrected chi connectivity index (χ3v) is 5.80. The highest BCUT2D eigenvalue weighted by Gasteiger charge is 2.25. The lowest BCUT2D eigenvalue weighted by molar-refractivity contribution is -0.123. The predicted molar refractivity (Wildman–Crippen MR) is 143 cm³/mol. The standard InChI is InChI=1S/C27H27Cl2N3O5/c1-4-13-36-27(35)20-8-6-5-7-19(20)23-12-10-18(37-23)15-30-32-26(34)24(16(2)3)31-25(33)21-11-9-17(28)14-22(21)29/h5-12,14-16,24H,4,13H2,1-3H3,(H,31,33)(H,32,34)/b30-15-. The van der Waals surface area contributed by atoms with Crippen molar-refractivity contribution in [3.63, 3.8) is 0 Å². The summed E-state index contributed by atoms with van der Waals surface area (Å²) in [7, 11) is 0. The Kier molecular flexibility index (Phi) is 9.88. The van der Waals surface area contributed by atoms with Crippen molar-refractivity contribution < 1.29 is 23.5 Å². The first-order valence-electron chi connectivity index (χ1n) is 11.7. The van der Waals surface area contributed by atoms with E-state index in [2.05, 4.69) is 15.8 Å². The zero-order valence-corrected chi connectivity index (χ0v) is 22.1. The van der Waals surface area contributed by atoms with E-state index >= 15 is 0 Å². The first kappa shape index (κ1) is 28.0. The monoisotopic (exact) mass is 543 g/mol. The van der Waals surface area contributed by atoms with Crippen molar-refractivity contribution in [2.45, 2.75) is 33.2 Å². The van der Waals surface area contributed by atoms with Gasteiger partial charge >= 0.3 is 5.97 Å². The molecule has 3 rings (SSSR count). The highest BCUT2D eigenvalue weighted by atomic mass is 35.5. The molecule has 1 atom stereocenters. The van der Waals surface area contributed by atoms with Crippen LogP contribution in [0.3, 0.4) is 0 Å². The molecule has 194 valence electrons. The molecule has 2 amide bonds. The fourth-order valence-corrected chi connectivity index (χ4v) is 3.87. The third-order valence-electron chi connectivity index (χ3n) is 5.25. The molecule has 2 N–H and O–H groups in total. The number of furan rings is 1. The van der Waals surface area contributed by atoms with Gasteiger partial charge in [0.15, 0.2) is 0 Å². The average Bonchev–Trinajstić information content (AvgIpc) is 3.34. The number of halogens is 2. The molecule has 0 spiro atoms. The van der Waals surface area contributed by atoms with Crippen LogP contribution >= 0.6 is 23.2 Å². The number of benzene rings is 2. The quantitative estimate of drug-likeness (QED) is 0.193. The van der Waals surface area contributed by atoms with E-state index in [0.29, 0.717) is 34.3 Å². The van der Waals surface area contributed by atoms with Crippen LogP contribution < -0.4 is 10.7 Å². The Morgan fingerprint density at radius 2 is 1.81 bits per heavy atom. The number of amides is 2. The van der Waals surface area contributed by atoms with Crippen LogP contribution in [0.4, 0.5) is 0 Å². The summed E-state index contributed by atoms with van der Waals surface area (Å²) in [5, 5.41) is 7.21. The molecular weight excluding hydrogens is 517 g/mol. The second-order valence-corrected chi connectivity index (χ2v) is 9.28. The van der Waals surface area contributed by atoms with Gasteiger partial charge in [0.1, 0.15) is 17.6 Å². The SMILES string of the molecule is CCCOC(=O)c1ccccc1-c1ccc(/C=N\NC(=O)C(NC(=O)c2ccc(Cl)cc2Cl)C(C)C)o1. The van der Waals surface area contributed by atoms with Crippen LogP contribution in [0.5, 0.6) is 0 Å². The van der Waals surface area contributed by atoms with Gasteiger partial charge in [-0.25, -0.2) is 10.2 Å². The van der Waals surface area contributed by atoms with E-state index in [4.69, 9.17) is 32.4 Å². The van der Waals surface area contributed by atoms with Gasteiger partial charge in [0.2, 0.25) is 0 Å². The molecule has 1 aromatic heterocycles. The summed E-state index contributed by atoms with van der Waals surface area (Å²) in [5.74, 6) is -0.886. The summed E-state index contributed by atoms with van der Waals surface area (Å²) in [6, 6.07) is 13.9. The van der Waals surface area contributed by atoms with Crippen molar-refractivity contribution in [1.29, 1.82) is 0 Å². The lowest BCUT2D eigenvalue weighted by Gasteiger charge is -2.20. The van der Waals surface area contributed by atoms with Crippen LogP contribution in [0, 0.1) is 5.92 Å². The van der Waals surface area contributed by atoms with Crippen molar-refractivity contribution in [1.82, 2.24) is 10.7 Å². The lowest BCUT2D eigenvalue weighted by Crippen LogP contribution is -2.48. The van der Waals surface area contributed by atoms with E-state index in [1.807, 2.05) is 6.92 Å². The minimum atomic E-state index is -0.871. The Hall–Kier alpha value is -3.62. The van der Waals surface area contributed by atoms with E-state index in [9.17, 15) is 14.4 Å². The van der Waals surface area contributed by atoms with Crippen LogP contribution in [-0.2, 0) is 9.53 Å². The largest absolute Gasteiger partial charge is 0.462 e. The molecule has 8 nitrogen and oxygen atoms in total. The van der Waals surface area contributed by atoms with Gasteiger partial charge < -0.3 is 14.5 Å². The molecule has 0 aliphatic carbocycles. The molecular formula is C27H27Cl2N3O5. The van der Waals surface area contributed by atoms with Crippen LogP contribution in [0.2, 0.25) is 10.0 Å². The minimum Gasteiger partial charge on any atom is -0.462 e. The first-order valence-corrected chi connectivity index (χ1v) is 12.4. The number of ether oxygens (including phenoxy) is 1. The average molecular weight is 544 g/mol.